The SMILES string of the molecule is COc1ccc(OC)c(/C(O)=C2/C(=O)C(=O)N(c3ccc(C(F)(F)F)cc3)C2c2sccc2C)c1. The number of amides is 1. The predicted octanol–water partition coefficient (Wildman–Crippen LogP) is 5.72. The van der Waals surface area contributed by atoms with Gasteiger partial charge in [-0.25, -0.2) is 0 Å². The summed E-state index contributed by atoms with van der Waals surface area (Å²) in [6.07, 6.45) is -4.56. The zero-order chi connectivity index (χ0) is 25.5. The third-order valence-electron chi connectivity index (χ3n) is 5.73. The van der Waals surface area contributed by atoms with Crippen LogP contribution >= 0.6 is 11.3 Å². The summed E-state index contributed by atoms with van der Waals surface area (Å²) < 4.78 is 49.8. The third kappa shape index (κ3) is 4.25. The van der Waals surface area contributed by atoms with E-state index in [1.165, 1.54) is 31.6 Å². The van der Waals surface area contributed by atoms with E-state index < -0.39 is 35.2 Å². The Kier molecular flexibility index (Phi) is 6.33. The molecule has 1 aliphatic rings. The van der Waals surface area contributed by atoms with Gasteiger partial charge in [-0.3, -0.25) is 14.5 Å². The van der Waals surface area contributed by atoms with Gasteiger partial charge in [0.15, 0.2) is 0 Å². The van der Waals surface area contributed by atoms with Crippen LogP contribution in [0.4, 0.5) is 18.9 Å². The molecule has 2 heterocycles. The lowest BCUT2D eigenvalue weighted by Gasteiger charge is -2.25. The monoisotopic (exact) mass is 503 g/mol. The first-order valence-electron chi connectivity index (χ1n) is 10.3. The van der Waals surface area contributed by atoms with Gasteiger partial charge in [0.25, 0.3) is 11.7 Å². The van der Waals surface area contributed by atoms with Crippen molar-refractivity contribution in [1.29, 1.82) is 0 Å². The normalized spacial score (nSPS) is 17.7. The first-order chi connectivity index (χ1) is 16.6. The highest BCUT2D eigenvalue weighted by Gasteiger charge is 2.48. The number of hydrogen-bond acceptors (Lipinski definition) is 6. The number of carbonyl (C=O) groups excluding carboxylic acids is 2. The number of thiophene rings is 1. The van der Waals surface area contributed by atoms with Crippen LogP contribution in [-0.4, -0.2) is 31.0 Å². The molecule has 0 aliphatic carbocycles. The summed E-state index contributed by atoms with van der Waals surface area (Å²) in [4.78, 5) is 28.1. The van der Waals surface area contributed by atoms with Gasteiger partial charge in [0.05, 0.1) is 30.9 Å². The topological polar surface area (TPSA) is 76.1 Å². The van der Waals surface area contributed by atoms with Crippen LogP contribution in [0.2, 0.25) is 0 Å². The third-order valence-corrected chi connectivity index (χ3v) is 6.80. The van der Waals surface area contributed by atoms with Crippen LogP contribution in [0.15, 0.2) is 59.5 Å². The van der Waals surface area contributed by atoms with E-state index >= 15 is 0 Å². The highest BCUT2D eigenvalue weighted by molar-refractivity contribution is 7.10. The molecule has 3 aromatic rings. The van der Waals surface area contributed by atoms with Gasteiger partial charge in [-0.05, 0) is 66.4 Å². The zero-order valence-corrected chi connectivity index (χ0v) is 19.7. The fraction of sp³-hybridized carbons (Fsp3) is 0.200. The van der Waals surface area contributed by atoms with Crippen LogP contribution in [0.25, 0.3) is 5.76 Å². The van der Waals surface area contributed by atoms with Gasteiger partial charge >= 0.3 is 6.18 Å². The highest BCUT2D eigenvalue weighted by Crippen LogP contribution is 2.46. The van der Waals surface area contributed by atoms with Gasteiger partial charge in [-0.15, -0.1) is 11.3 Å². The van der Waals surface area contributed by atoms with Crippen LogP contribution in [0.3, 0.4) is 0 Å². The van der Waals surface area contributed by atoms with E-state index in [4.69, 9.17) is 9.47 Å². The lowest BCUT2D eigenvalue weighted by Crippen LogP contribution is -2.29. The van der Waals surface area contributed by atoms with E-state index in [9.17, 15) is 27.9 Å². The van der Waals surface area contributed by atoms with E-state index in [0.29, 0.717) is 10.6 Å². The molecule has 0 bridgehead atoms. The molecule has 1 amide bonds. The number of aryl methyl sites for hydroxylation is 1. The summed E-state index contributed by atoms with van der Waals surface area (Å²) >= 11 is 1.26. The molecule has 1 N–H and O–H groups in total. The quantitative estimate of drug-likeness (QED) is 0.274. The summed E-state index contributed by atoms with van der Waals surface area (Å²) in [6, 6.07) is 9.32. The van der Waals surface area contributed by atoms with Gasteiger partial charge < -0.3 is 14.6 Å². The molecule has 0 radical (unpaired) electrons. The molecule has 35 heavy (non-hydrogen) atoms. The summed E-state index contributed by atoms with van der Waals surface area (Å²) in [7, 11) is 2.82. The van der Waals surface area contributed by atoms with Crippen molar-refractivity contribution in [3.8, 4) is 11.5 Å². The van der Waals surface area contributed by atoms with Crippen LogP contribution in [0.1, 0.15) is 27.6 Å². The Morgan fingerprint density at radius 2 is 1.71 bits per heavy atom. The summed E-state index contributed by atoms with van der Waals surface area (Å²) in [5.41, 5.74) is -0.108. The Morgan fingerprint density at radius 3 is 2.26 bits per heavy atom. The van der Waals surface area contributed by atoms with Crippen molar-refractivity contribution >= 4 is 34.5 Å². The molecule has 1 unspecified atom stereocenters. The standard InChI is InChI=1S/C25H20F3NO5S/c1-13-10-11-35-23(13)20-19(21(30)17-12-16(33-2)8-9-18(17)34-3)22(31)24(32)29(20)15-6-4-14(5-7-15)25(26,27)28/h4-12,20,30H,1-3H3/b21-19-. The minimum absolute atomic E-state index is 0.0922. The predicted molar refractivity (Wildman–Crippen MR) is 125 cm³/mol. The molecule has 1 fully saturated rings. The molecule has 1 saturated heterocycles. The van der Waals surface area contributed by atoms with E-state index in [1.807, 2.05) is 0 Å². The van der Waals surface area contributed by atoms with Crippen molar-refractivity contribution in [2.75, 3.05) is 19.1 Å². The maximum atomic E-state index is 13.2. The minimum Gasteiger partial charge on any atom is -0.507 e. The lowest BCUT2D eigenvalue weighted by molar-refractivity contribution is -0.137. The van der Waals surface area contributed by atoms with E-state index in [1.54, 1.807) is 30.5 Å². The van der Waals surface area contributed by atoms with Crippen LogP contribution in [-0.2, 0) is 15.8 Å². The molecule has 10 heteroatoms. The van der Waals surface area contributed by atoms with Gasteiger partial charge in [0, 0.05) is 10.6 Å². The Morgan fingerprint density at radius 1 is 1.03 bits per heavy atom. The summed E-state index contributed by atoms with van der Waals surface area (Å²) in [5, 5.41) is 13.1. The minimum atomic E-state index is -4.56. The molecule has 0 saturated carbocycles. The summed E-state index contributed by atoms with van der Waals surface area (Å²) in [6.45, 7) is 1.78. The van der Waals surface area contributed by atoms with E-state index in [2.05, 4.69) is 0 Å². The largest absolute Gasteiger partial charge is 0.507 e. The van der Waals surface area contributed by atoms with Crippen LogP contribution < -0.4 is 14.4 Å². The fourth-order valence-corrected chi connectivity index (χ4v) is 4.99. The number of hydrogen-bond donors (Lipinski definition) is 1. The van der Waals surface area contributed by atoms with Gasteiger partial charge in [-0.1, -0.05) is 0 Å². The summed E-state index contributed by atoms with van der Waals surface area (Å²) in [5.74, 6) is -1.79. The van der Waals surface area contributed by atoms with Crippen molar-refractivity contribution < 1.29 is 37.3 Å². The Balaban J connectivity index is 1.94. The molecule has 4 rings (SSSR count). The fourth-order valence-electron chi connectivity index (χ4n) is 3.97. The van der Waals surface area contributed by atoms with Crippen LogP contribution in [0.5, 0.6) is 11.5 Å². The van der Waals surface area contributed by atoms with Crippen molar-refractivity contribution in [2.45, 2.75) is 19.1 Å². The molecular formula is C25H20F3NO5S. The van der Waals surface area contributed by atoms with Crippen molar-refractivity contribution in [3.63, 3.8) is 0 Å². The number of Topliss-reactive ketones (excluding diaryl/α,β-unsaturated/α-hetero) is 1. The molecule has 0 spiro atoms. The van der Waals surface area contributed by atoms with Crippen LogP contribution in [0, 0.1) is 6.92 Å². The second kappa shape index (κ2) is 9.10. The Hall–Kier alpha value is -3.79. The number of aliphatic hydroxyl groups is 1. The number of halogens is 3. The number of methoxy groups -OCH3 is 2. The van der Waals surface area contributed by atoms with Crippen molar-refractivity contribution in [2.24, 2.45) is 0 Å². The lowest BCUT2D eigenvalue weighted by atomic mass is 9.97. The second-order valence-corrected chi connectivity index (χ2v) is 8.70. The molecule has 2 aromatic carbocycles. The molecule has 6 nitrogen and oxygen atoms in total. The zero-order valence-electron chi connectivity index (χ0n) is 18.8. The van der Waals surface area contributed by atoms with Crippen molar-refractivity contribution in [3.05, 3.63) is 81.1 Å². The van der Waals surface area contributed by atoms with Gasteiger partial charge in [-0.2, -0.15) is 13.2 Å². The molecule has 1 aromatic heterocycles. The average molecular weight is 503 g/mol. The highest BCUT2D eigenvalue weighted by atomic mass is 32.1. The number of ether oxygens (including phenoxy) is 2. The number of nitrogens with zero attached hydrogens (tertiary/aromatic N) is 1. The average Bonchev–Trinajstić information content (AvgIpc) is 3.37. The smallest absolute Gasteiger partial charge is 0.416 e. The number of aliphatic hydroxyl groups excluding tert-OH is 1. The number of carbonyl (C=O) groups is 2. The van der Waals surface area contributed by atoms with Gasteiger partial charge in [0.1, 0.15) is 23.3 Å². The molecule has 182 valence electrons. The number of ketones is 1. The maximum absolute atomic E-state index is 13.2. The first kappa shape index (κ1) is 24.3. The second-order valence-electron chi connectivity index (χ2n) is 7.75. The Labute approximate surface area is 202 Å². The number of anilines is 1. The molecule has 1 atom stereocenters. The molecular weight excluding hydrogens is 483 g/mol. The maximum Gasteiger partial charge on any atom is 0.416 e. The van der Waals surface area contributed by atoms with Crippen molar-refractivity contribution in [1.82, 2.24) is 0 Å². The first-order valence-corrected chi connectivity index (χ1v) is 11.2. The van der Waals surface area contributed by atoms with Gasteiger partial charge in [0.2, 0.25) is 0 Å². The number of alkyl halides is 3. The number of rotatable bonds is 5. The Bertz CT molecular complexity index is 1330. The van der Waals surface area contributed by atoms with E-state index in [0.717, 1.165) is 34.7 Å². The number of benzene rings is 2. The van der Waals surface area contributed by atoms with E-state index in [-0.39, 0.29) is 22.6 Å². The molecule has 1 aliphatic heterocycles.